The van der Waals surface area contributed by atoms with Crippen LogP contribution < -0.4 is 25.4 Å². The van der Waals surface area contributed by atoms with Crippen LogP contribution in [-0.4, -0.2) is 45.8 Å². The van der Waals surface area contributed by atoms with E-state index in [0.29, 0.717) is 18.3 Å². The van der Waals surface area contributed by atoms with Gasteiger partial charge in [-0.15, -0.1) is 0 Å². The number of ether oxygens (including phenoxy) is 2. The summed E-state index contributed by atoms with van der Waals surface area (Å²) in [4.78, 5) is 14.5. The van der Waals surface area contributed by atoms with Crippen molar-refractivity contribution in [2.24, 2.45) is 17.6 Å². The van der Waals surface area contributed by atoms with E-state index in [4.69, 9.17) is 15.2 Å². The van der Waals surface area contributed by atoms with E-state index in [2.05, 4.69) is 10.2 Å². The predicted molar refractivity (Wildman–Crippen MR) is 103 cm³/mol. The van der Waals surface area contributed by atoms with Crippen molar-refractivity contribution in [2.45, 2.75) is 38.1 Å². The number of nitrogens with two attached hydrogens (primary N) is 1. The van der Waals surface area contributed by atoms with E-state index in [-0.39, 0.29) is 11.9 Å². The van der Waals surface area contributed by atoms with Crippen molar-refractivity contribution in [3.63, 3.8) is 0 Å². The molecule has 3 atom stereocenters. The minimum Gasteiger partial charge on any atom is -0.497 e. The number of carbonyl (C=O) groups is 1. The first kappa shape index (κ1) is 18.8. The SMILES string of the molecule is COc1cc(OC)cc(N2CCC(CNC(=O)C[C@@H]3CCC[C@H]3N)C2)c1. The molecule has 1 amide bonds. The topological polar surface area (TPSA) is 76.8 Å². The number of carbonyl (C=O) groups excluding carboxylic acids is 1. The van der Waals surface area contributed by atoms with Crippen LogP contribution in [0.15, 0.2) is 18.2 Å². The molecule has 1 aromatic rings. The van der Waals surface area contributed by atoms with Gasteiger partial charge in [-0.1, -0.05) is 6.42 Å². The highest BCUT2D eigenvalue weighted by Gasteiger charge is 2.27. The van der Waals surface area contributed by atoms with E-state index in [1.54, 1.807) is 14.2 Å². The molecule has 1 saturated carbocycles. The molecule has 6 nitrogen and oxygen atoms in total. The highest BCUT2D eigenvalue weighted by Crippen LogP contribution is 2.31. The summed E-state index contributed by atoms with van der Waals surface area (Å²) in [5, 5.41) is 3.12. The highest BCUT2D eigenvalue weighted by molar-refractivity contribution is 5.76. The van der Waals surface area contributed by atoms with Crippen molar-refractivity contribution in [1.82, 2.24) is 5.32 Å². The molecular weight excluding hydrogens is 330 g/mol. The number of methoxy groups -OCH3 is 2. The van der Waals surface area contributed by atoms with Crippen molar-refractivity contribution in [1.29, 1.82) is 0 Å². The Hall–Kier alpha value is -1.95. The lowest BCUT2D eigenvalue weighted by atomic mass is 9.99. The molecule has 6 heteroatoms. The Bertz CT molecular complexity index is 600. The maximum absolute atomic E-state index is 12.2. The number of benzene rings is 1. The molecule has 1 heterocycles. The van der Waals surface area contributed by atoms with Crippen LogP contribution in [0.2, 0.25) is 0 Å². The Morgan fingerprint density at radius 1 is 1.19 bits per heavy atom. The Kier molecular flexibility index (Phi) is 6.25. The minimum absolute atomic E-state index is 0.147. The number of amides is 1. The van der Waals surface area contributed by atoms with Crippen LogP contribution in [0.5, 0.6) is 11.5 Å². The second kappa shape index (κ2) is 8.62. The third-order valence-corrected chi connectivity index (χ3v) is 5.74. The van der Waals surface area contributed by atoms with Crippen LogP contribution in [0.1, 0.15) is 32.1 Å². The van der Waals surface area contributed by atoms with Gasteiger partial charge in [0.1, 0.15) is 11.5 Å². The fourth-order valence-corrected chi connectivity index (χ4v) is 4.10. The van der Waals surface area contributed by atoms with Crippen molar-refractivity contribution in [2.75, 3.05) is 38.8 Å². The van der Waals surface area contributed by atoms with E-state index in [9.17, 15) is 4.79 Å². The molecular formula is C20H31N3O3. The fraction of sp³-hybridized carbons (Fsp3) is 0.650. The summed E-state index contributed by atoms with van der Waals surface area (Å²) in [5.41, 5.74) is 7.17. The Labute approximate surface area is 156 Å². The largest absolute Gasteiger partial charge is 0.497 e. The van der Waals surface area contributed by atoms with Crippen molar-refractivity contribution >= 4 is 11.6 Å². The first-order chi connectivity index (χ1) is 12.6. The van der Waals surface area contributed by atoms with Gasteiger partial charge in [0, 0.05) is 56.0 Å². The van der Waals surface area contributed by atoms with E-state index < -0.39 is 0 Å². The lowest BCUT2D eigenvalue weighted by molar-refractivity contribution is -0.122. The number of rotatable bonds is 7. The first-order valence-electron chi connectivity index (χ1n) is 9.59. The van der Waals surface area contributed by atoms with Crippen LogP contribution in [0.4, 0.5) is 5.69 Å². The second-order valence-electron chi connectivity index (χ2n) is 7.53. The Morgan fingerprint density at radius 2 is 1.92 bits per heavy atom. The third kappa shape index (κ3) is 4.61. The van der Waals surface area contributed by atoms with Crippen LogP contribution in [-0.2, 0) is 4.79 Å². The van der Waals surface area contributed by atoms with Crippen LogP contribution in [0.3, 0.4) is 0 Å². The Morgan fingerprint density at radius 3 is 2.54 bits per heavy atom. The lowest BCUT2D eigenvalue weighted by Gasteiger charge is -2.21. The van der Waals surface area contributed by atoms with E-state index >= 15 is 0 Å². The second-order valence-corrected chi connectivity index (χ2v) is 7.53. The summed E-state index contributed by atoms with van der Waals surface area (Å²) in [7, 11) is 3.33. The van der Waals surface area contributed by atoms with Gasteiger partial charge in [-0.25, -0.2) is 0 Å². The quantitative estimate of drug-likeness (QED) is 0.778. The zero-order valence-corrected chi connectivity index (χ0v) is 15.9. The summed E-state index contributed by atoms with van der Waals surface area (Å²) in [6.45, 7) is 2.64. The summed E-state index contributed by atoms with van der Waals surface area (Å²) in [6, 6.07) is 6.15. The molecule has 1 saturated heterocycles. The van der Waals surface area contributed by atoms with Gasteiger partial charge < -0.3 is 25.4 Å². The minimum atomic E-state index is 0.147. The van der Waals surface area contributed by atoms with Gasteiger partial charge in [0.25, 0.3) is 0 Å². The summed E-state index contributed by atoms with van der Waals surface area (Å²) >= 11 is 0. The predicted octanol–water partition coefficient (Wildman–Crippen LogP) is 2.16. The van der Waals surface area contributed by atoms with Gasteiger partial charge in [0.15, 0.2) is 0 Å². The number of anilines is 1. The van der Waals surface area contributed by atoms with Crippen LogP contribution >= 0.6 is 0 Å². The van der Waals surface area contributed by atoms with Crippen molar-refractivity contribution < 1.29 is 14.3 Å². The molecule has 1 unspecified atom stereocenters. The molecule has 1 aliphatic heterocycles. The molecule has 0 aromatic heterocycles. The average Bonchev–Trinajstić information content (AvgIpc) is 3.29. The summed E-state index contributed by atoms with van der Waals surface area (Å²) in [6.07, 6.45) is 4.94. The summed E-state index contributed by atoms with van der Waals surface area (Å²) < 4.78 is 10.7. The third-order valence-electron chi connectivity index (χ3n) is 5.74. The molecule has 3 N–H and O–H groups in total. The first-order valence-corrected chi connectivity index (χ1v) is 9.59. The van der Waals surface area contributed by atoms with Gasteiger partial charge in [0.2, 0.25) is 5.91 Å². The van der Waals surface area contributed by atoms with Gasteiger partial charge in [-0.05, 0) is 31.1 Å². The maximum atomic E-state index is 12.2. The molecule has 1 aromatic carbocycles. The van der Waals surface area contributed by atoms with E-state index in [0.717, 1.165) is 62.5 Å². The van der Waals surface area contributed by atoms with Gasteiger partial charge in [-0.3, -0.25) is 4.79 Å². The zero-order chi connectivity index (χ0) is 18.5. The molecule has 0 spiro atoms. The number of nitrogens with one attached hydrogen (secondary N) is 1. The molecule has 2 fully saturated rings. The molecule has 144 valence electrons. The van der Waals surface area contributed by atoms with E-state index in [1.807, 2.05) is 18.2 Å². The van der Waals surface area contributed by atoms with Crippen LogP contribution in [0, 0.1) is 11.8 Å². The molecule has 3 rings (SSSR count). The van der Waals surface area contributed by atoms with Gasteiger partial charge >= 0.3 is 0 Å². The average molecular weight is 361 g/mol. The lowest BCUT2D eigenvalue weighted by Crippen LogP contribution is -2.34. The number of hydrogen-bond donors (Lipinski definition) is 2. The standard InChI is InChI=1S/C20H31N3O3/c1-25-17-9-16(10-18(11-17)26-2)23-7-6-14(13-23)12-22-20(24)8-15-4-3-5-19(15)21/h9-11,14-15,19H,3-8,12-13,21H2,1-2H3,(H,22,24)/t14?,15-,19+/m0/s1. The molecule has 2 aliphatic rings. The number of nitrogens with zero attached hydrogens (tertiary/aromatic N) is 1. The molecule has 26 heavy (non-hydrogen) atoms. The molecule has 1 aliphatic carbocycles. The van der Waals surface area contributed by atoms with Crippen LogP contribution in [0.25, 0.3) is 0 Å². The maximum Gasteiger partial charge on any atom is 0.220 e. The monoisotopic (exact) mass is 361 g/mol. The van der Waals surface area contributed by atoms with Gasteiger partial charge in [-0.2, -0.15) is 0 Å². The zero-order valence-electron chi connectivity index (χ0n) is 15.9. The summed E-state index contributed by atoms with van der Waals surface area (Å²) in [5.74, 6) is 2.56. The molecule has 0 bridgehead atoms. The number of hydrogen-bond acceptors (Lipinski definition) is 5. The Balaban J connectivity index is 1.48. The normalized spacial score (nSPS) is 25.3. The highest BCUT2D eigenvalue weighted by atomic mass is 16.5. The van der Waals surface area contributed by atoms with E-state index in [1.165, 1.54) is 0 Å². The van der Waals surface area contributed by atoms with Gasteiger partial charge in [0.05, 0.1) is 14.2 Å². The van der Waals surface area contributed by atoms with Crippen molar-refractivity contribution in [3.8, 4) is 11.5 Å². The smallest absolute Gasteiger partial charge is 0.220 e. The molecule has 0 radical (unpaired) electrons. The van der Waals surface area contributed by atoms with Crippen molar-refractivity contribution in [3.05, 3.63) is 18.2 Å². The fourth-order valence-electron chi connectivity index (χ4n) is 4.10.